The summed E-state index contributed by atoms with van der Waals surface area (Å²) in [6, 6.07) is 7.66. The van der Waals surface area contributed by atoms with Gasteiger partial charge < -0.3 is 9.32 Å². The molecule has 26 heavy (non-hydrogen) atoms. The minimum atomic E-state index is -0.542. The third-order valence-electron chi connectivity index (χ3n) is 4.29. The lowest BCUT2D eigenvalue weighted by molar-refractivity contribution is -0.131. The number of amides is 1. The Morgan fingerprint density at radius 2 is 1.88 bits per heavy atom. The summed E-state index contributed by atoms with van der Waals surface area (Å²) in [5, 5.41) is 4.27. The van der Waals surface area contributed by atoms with Crippen molar-refractivity contribution >= 4 is 5.91 Å². The summed E-state index contributed by atoms with van der Waals surface area (Å²) in [7, 11) is 3.55. The van der Waals surface area contributed by atoms with Crippen LogP contribution >= 0.6 is 0 Å². The smallest absolute Gasteiger partial charge is 0.408 e. The van der Waals surface area contributed by atoms with Crippen LogP contribution < -0.4 is 5.76 Å². The third-order valence-corrected chi connectivity index (χ3v) is 4.29. The number of aryl methyl sites for hydroxylation is 3. The minimum Gasteiger partial charge on any atom is -0.408 e. The molecule has 0 atom stereocenters. The summed E-state index contributed by atoms with van der Waals surface area (Å²) in [4.78, 5) is 26.1. The summed E-state index contributed by atoms with van der Waals surface area (Å²) in [5.74, 6) is -0.264. The van der Waals surface area contributed by atoms with Crippen LogP contribution in [0.5, 0.6) is 0 Å². The highest BCUT2D eigenvalue weighted by molar-refractivity contribution is 5.75. The van der Waals surface area contributed by atoms with Crippen LogP contribution in [0.4, 0.5) is 0 Å². The normalized spacial score (nSPS) is 10.9. The topological polar surface area (TPSA) is 73.3 Å². The van der Waals surface area contributed by atoms with E-state index in [9.17, 15) is 9.59 Å². The van der Waals surface area contributed by atoms with Crippen LogP contribution in [0.25, 0.3) is 11.3 Å². The van der Waals surface area contributed by atoms with Gasteiger partial charge >= 0.3 is 5.76 Å². The Kier molecular flexibility index (Phi) is 4.79. The molecule has 0 bridgehead atoms. The van der Waals surface area contributed by atoms with Gasteiger partial charge in [-0.15, -0.1) is 0 Å². The quantitative estimate of drug-likeness (QED) is 0.703. The Labute approximate surface area is 151 Å². The first-order valence-electron chi connectivity index (χ1n) is 8.34. The third kappa shape index (κ3) is 3.77. The zero-order valence-corrected chi connectivity index (χ0v) is 15.4. The van der Waals surface area contributed by atoms with Gasteiger partial charge in [0.05, 0.1) is 11.9 Å². The fourth-order valence-corrected chi connectivity index (χ4v) is 2.75. The number of nitrogens with zero attached hydrogens (tertiary/aromatic N) is 4. The molecule has 7 nitrogen and oxygen atoms in total. The molecule has 0 aliphatic heterocycles. The van der Waals surface area contributed by atoms with E-state index in [2.05, 4.69) is 5.10 Å². The monoisotopic (exact) mass is 354 g/mol. The van der Waals surface area contributed by atoms with Crippen LogP contribution in [0.1, 0.15) is 16.8 Å². The summed E-state index contributed by atoms with van der Waals surface area (Å²) < 4.78 is 8.30. The maximum atomic E-state index is 12.5. The predicted molar refractivity (Wildman–Crippen MR) is 97.6 cm³/mol. The zero-order valence-electron chi connectivity index (χ0n) is 15.4. The van der Waals surface area contributed by atoms with Crippen molar-refractivity contribution in [3.8, 4) is 11.3 Å². The number of likely N-dealkylation sites (N-methyl/N-ethyl adjacent to an activating group) is 1. The number of rotatable bonds is 5. The van der Waals surface area contributed by atoms with Gasteiger partial charge in [0, 0.05) is 38.0 Å². The van der Waals surface area contributed by atoms with E-state index < -0.39 is 5.76 Å². The van der Waals surface area contributed by atoms with Crippen LogP contribution in [0.15, 0.2) is 45.9 Å². The molecule has 3 aromatic rings. The standard InChI is InChI=1S/C19H22N4O3/c1-13-5-7-15(8-6-13)17-11-23(19(25)26-17)12-18(24)21(3)9-16-10-22(4)20-14(16)2/h5-8,10-11H,9,12H2,1-4H3. The van der Waals surface area contributed by atoms with E-state index in [1.165, 1.54) is 4.57 Å². The molecule has 0 fully saturated rings. The van der Waals surface area contributed by atoms with Gasteiger partial charge in [-0.2, -0.15) is 5.10 Å². The van der Waals surface area contributed by atoms with Crippen LogP contribution in [0, 0.1) is 13.8 Å². The average molecular weight is 354 g/mol. The molecular weight excluding hydrogens is 332 g/mol. The van der Waals surface area contributed by atoms with E-state index >= 15 is 0 Å². The SMILES string of the molecule is Cc1ccc(-c2cn(CC(=O)N(C)Cc3cn(C)nc3C)c(=O)o2)cc1. The highest BCUT2D eigenvalue weighted by Gasteiger charge is 2.16. The van der Waals surface area contributed by atoms with Gasteiger partial charge in [0.1, 0.15) is 6.54 Å². The number of hydrogen-bond acceptors (Lipinski definition) is 4. The first-order valence-corrected chi connectivity index (χ1v) is 8.34. The molecule has 0 aliphatic rings. The van der Waals surface area contributed by atoms with Crippen LogP contribution in [0.2, 0.25) is 0 Å². The molecule has 7 heteroatoms. The van der Waals surface area contributed by atoms with Crippen molar-refractivity contribution in [3.05, 3.63) is 64.0 Å². The summed E-state index contributed by atoms with van der Waals surface area (Å²) >= 11 is 0. The Bertz CT molecular complexity index is 979. The lowest BCUT2D eigenvalue weighted by Crippen LogP contribution is -2.32. The molecular formula is C19H22N4O3. The minimum absolute atomic E-state index is 0.0655. The zero-order chi connectivity index (χ0) is 18.8. The van der Waals surface area contributed by atoms with Crippen molar-refractivity contribution in [1.29, 1.82) is 0 Å². The predicted octanol–water partition coefficient (Wildman–Crippen LogP) is 2.12. The van der Waals surface area contributed by atoms with E-state index in [0.717, 1.165) is 22.4 Å². The number of oxazole rings is 1. The molecule has 0 radical (unpaired) electrons. The van der Waals surface area contributed by atoms with Gasteiger partial charge in [-0.1, -0.05) is 29.8 Å². The molecule has 1 aromatic carbocycles. The van der Waals surface area contributed by atoms with Crippen molar-refractivity contribution in [2.75, 3.05) is 7.05 Å². The number of carbonyl (C=O) groups excluding carboxylic acids is 1. The molecule has 1 amide bonds. The maximum absolute atomic E-state index is 12.5. The van der Waals surface area contributed by atoms with Gasteiger partial charge in [-0.3, -0.25) is 14.0 Å². The van der Waals surface area contributed by atoms with E-state index in [1.54, 1.807) is 22.8 Å². The molecule has 0 unspecified atom stereocenters. The highest BCUT2D eigenvalue weighted by Crippen LogP contribution is 2.18. The molecule has 2 heterocycles. The second kappa shape index (κ2) is 7.03. The van der Waals surface area contributed by atoms with Crippen molar-refractivity contribution in [3.63, 3.8) is 0 Å². The highest BCUT2D eigenvalue weighted by atomic mass is 16.4. The van der Waals surface area contributed by atoms with Crippen LogP contribution in [-0.4, -0.2) is 32.2 Å². The Morgan fingerprint density at radius 1 is 1.19 bits per heavy atom. The van der Waals surface area contributed by atoms with E-state index in [-0.39, 0.29) is 12.5 Å². The first kappa shape index (κ1) is 17.7. The second-order valence-electron chi connectivity index (χ2n) is 6.52. The molecule has 3 rings (SSSR count). The van der Waals surface area contributed by atoms with Crippen LogP contribution in [0.3, 0.4) is 0 Å². The van der Waals surface area contributed by atoms with Crippen molar-refractivity contribution in [2.24, 2.45) is 7.05 Å². The van der Waals surface area contributed by atoms with Gasteiger partial charge in [-0.05, 0) is 13.8 Å². The lowest BCUT2D eigenvalue weighted by atomic mass is 10.1. The number of aromatic nitrogens is 3. The fraction of sp³-hybridized carbons (Fsp3) is 0.316. The molecule has 0 N–H and O–H groups in total. The van der Waals surface area contributed by atoms with Gasteiger partial charge in [0.15, 0.2) is 5.76 Å². The summed E-state index contributed by atoms with van der Waals surface area (Å²) in [6.45, 7) is 4.27. The largest absolute Gasteiger partial charge is 0.419 e. The first-order chi connectivity index (χ1) is 12.3. The van der Waals surface area contributed by atoms with Gasteiger partial charge in [-0.25, -0.2) is 4.79 Å². The lowest BCUT2D eigenvalue weighted by Gasteiger charge is -2.16. The van der Waals surface area contributed by atoms with Crippen molar-refractivity contribution in [2.45, 2.75) is 26.9 Å². The van der Waals surface area contributed by atoms with Crippen LogP contribution in [-0.2, 0) is 24.9 Å². The average Bonchev–Trinajstić information content (AvgIpc) is 3.10. The second-order valence-corrected chi connectivity index (χ2v) is 6.52. The molecule has 0 saturated carbocycles. The van der Waals surface area contributed by atoms with Crippen molar-refractivity contribution < 1.29 is 9.21 Å². The molecule has 2 aromatic heterocycles. The summed E-state index contributed by atoms with van der Waals surface area (Å²) in [6.07, 6.45) is 3.46. The Hall–Kier alpha value is -3.09. The van der Waals surface area contributed by atoms with E-state index in [4.69, 9.17) is 4.42 Å². The van der Waals surface area contributed by atoms with E-state index in [0.29, 0.717) is 12.3 Å². The van der Waals surface area contributed by atoms with Gasteiger partial charge in [0.2, 0.25) is 5.91 Å². The number of carbonyl (C=O) groups is 1. The fourth-order valence-electron chi connectivity index (χ4n) is 2.75. The molecule has 0 aliphatic carbocycles. The summed E-state index contributed by atoms with van der Waals surface area (Å²) in [5.41, 5.74) is 3.79. The van der Waals surface area contributed by atoms with Gasteiger partial charge in [0.25, 0.3) is 0 Å². The molecule has 0 spiro atoms. The molecule has 136 valence electrons. The Morgan fingerprint density at radius 3 is 2.50 bits per heavy atom. The van der Waals surface area contributed by atoms with E-state index in [1.807, 2.05) is 51.4 Å². The number of benzene rings is 1. The molecule has 0 saturated heterocycles. The number of hydrogen-bond donors (Lipinski definition) is 0. The maximum Gasteiger partial charge on any atom is 0.419 e. The Balaban J connectivity index is 1.72. The van der Waals surface area contributed by atoms with Crippen molar-refractivity contribution in [1.82, 2.24) is 19.2 Å².